The van der Waals surface area contributed by atoms with Gasteiger partial charge in [-0.3, -0.25) is 4.79 Å². The average molecular weight is 475 g/mol. The molecule has 0 radical (unpaired) electrons. The molecule has 6 heteroatoms. The van der Waals surface area contributed by atoms with Crippen molar-refractivity contribution >= 4 is 17.6 Å². The molecule has 184 valence electrons. The van der Waals surface area contributed by atoms with E-state index in [9.17, 15) is 9.59 Å². The summed E-state index contributed by atoms with van der Waals surface area (Å²) in [5.41, 5.74) is 8.45. The van der Waals surface area contributed by atoms with Crippen molar-refractivity contribution in [2.75, 3.05) is 12.3 Å². The van der Waals surface area contributed by atoms with E-state index in [0.29, 0.717) is 36.4 Å². The summed E-state index contributed by atoms with van der Waals surface area (Å²) >= 11 is 0. The maximum absolute atomic E-state index is 13.1. The molecule has 0 aromatic heterocycles. The van der Waals surface area contributed by atoms with Crippen LogP contribution in [0.1, 0.15) is 48.7 Å². The van der Waals surface area contributed by atoms with Crippen molar-refractivity contribution < 1.29 is 19.1 Å². The van der Waals surface area contributed by atoms with Crippen molar-refractivity contribution in [1.82, 2.24) is 5.32 Å². The maximum Gasteiger partial charge on any atom is 0.329 e. The average Bonchev–Trinajstić information content (AvgIpc) is 2.83. The zero-order valence-corrected chi connectivity index (χ0v) is 20.6. The lowest BCUT2D eigenvalue weighted by molar-refractivity contribution is -0.157. The third-order valence-electron chi connectivity index (χ3n) is 5.33. The molecule has 0 fully saturated rings. The smallest absolute Gasteiger partial charge is 0.329 e. The normalized spacial score (nSPS) is 12.0. The Morgan fingerprint density at radius 3 is 2.09 bits per heavy atom. The maximum atomic E-state index is 13.1. The minimum absolute atomic E-state index is 0.363. The summed E-state index contributed by atoms with van der Waals surface area (Å²) in [7, 11) is 0. The second kappa shape index (κ2) is 12.1. The fraction of sp³-hybridized carbons (Fsp3) is 0.310. The molecule has 0 heterocycles. The molecular formula is C29H34N2O4. The van der Waals surface area contributed by atoms with E-state index in [0.717, 1.165) is 17.5 Å². The molecule has 35 heavy (non-hydrogen) atoms. The number of ether oxygens (including phenoxy) is 2. The summed E-state index contributed by atoms with van der Waals surface area (Å²) in [6.07, 6.45) is 1.76. The molecule has 1 amide bonds. The van der Waals surface area contributed by atoms with Crippen LogP contribution in [-0.2, 0) is 22.4 Å². The Balaban J connectivity index is 1.68. The van der Waals surface area contributed by atoms with Gasteiger partial charge in [0.15, 0.2) is 0 Å². The molecule has 1 atom stereocenters. The topological polar surface area (TPSA) is 90.7 Å². The summed E-state index contributed by atoms with van der Waals surface area (Å²) in [5.74, 6) is -0.412. The molecule has 0 aliphatic carbocycles. The molecule has 3 aromatic carbocycles. The third-order valence-corrected chi connectivity index (χ3v) is 5.33. The van der Waals surface area contributed by atoms with Crippen LogP contribution in [0.25, 0.3) is 0 Å². The third kappa shape index (κ3) is 8.49. The fourth-order valence-electron chi connectivity index (χ4n) is 3.54. The highest BCUT2D eigenvalue weighted by Crippen LogP contribution is 2.23. The standard InChI is InChI=1S/C29H34N2O4/c1-29(2,3)35-28(33)25(17-14-21-10-6-4-7-11-21)31-27(32)23-15-16-24(30)26(20-23)34-19-18-22-12-8-5-9-13-22/h4-13,15-16,20,25H,14,17-19,30H2,1-3H3,(H,31,32)/t25-/m0/s1. The number of nitrogen functional groups attached to an aromatic ring is 1. The highest BCUT2D eigenvalue weighted by Gasteiger charge is 2.27. The molecule has 0 saturated carbocycles. The monoisotopic (exact) mass is 474 g/mol. The number of nitrogens with one attached hydrogen (secondary N) is 1. The van der Waals surface area contributed by atoms with Crippen molar-refractivity contribution in [1.29, 1.82) is 0 Å². The molecule has 0 bridgehead atoms. The van der Waals surface area contributed by atoms with Gasteiger partial charge in [0.1, 0.15) is 17.4 Å². The number of anilines is 1. The largest absolute Gasteiger partial charge is 0.491 e. The Bertz CT molecular complexity index is 1110. The van der Waals surface area contributed by atoms with E-state index in [1.807, 2.05) is 60.7 Å². The summed E-state index contributed by atoms with van der Waals surface area (Å²) in [6, 6.07) is 23.9. The summed E-state index contributed by atoms with van der Waals surface area (Å²) < 4.78 is 11.4. The van der Waals surface area contributed by atoms with Gasteiger partial charge < -0.3 is 20.5 Å². The number of carbonyl (C=O) groups is 2. The molecule has 0 spiro atoms. The highest BCUT2D eigenvalue weighted by atomic mass is 16.6. The van der Waals surface area contributed by atoms with Gasteiger partial charge in [-0.15, -0.1) is 0 Å². The number of rotatable bonds is 10. The van der Waals surface area contributed by atoms with Gasteiger partial charge in [-0.1, -0.05) is 60.7 Å². The van der Waals surface area contributed by atoms with Crippen molar-refractivity contribution in [2.45, 2.75) is 51.7 Å². The zero-order chi connectivity index (χ0) is 25.3. The molecule has 0 aliphatic heterocycles. The minimum atomic E-state index is -0.790. The van der Waals surface area contributed by atoms with Crippen molar-refractivity contribution in [3.8, 4) is 5.75 Å². The molecule has 6 nitrogen and oxygen atoms in total. The highest BCUT2D eigenvalue weighted by molar-refractivity contribution is 5.97. The van der Waals surface area contributed by atoms with Crippen LogP contribution in [-0.4, -0.2) is 30.1 Å². The number of amides is 1. The summed E-state index contributed by atoms with van der Waals surface area (Å²) in [5, 5.41) is 2.84. The number of benzene rings is 3. The van der Waals surface area contributed by atoms with E-state index in [1.54, 1.807) is 39.0 Å². The zero-order valence-electron chi connectivity index (χ0n) is 20.6. The second-order valence-electron chi connectivity index (χ2n) is 9.42. The lowest BCUT2D eigenvalue weighted by atomic mass is 10.0. The molecular weight excluding hydrogens is 440 g/mol. The number of nitrogens with two attached hydrogens (primary N) is 1. The first kappa shape index (κ1) is 25.8. The van der Waals surface area contributed by atoms with Gasteiger partial charge in [-0.25, -0.2) is 4.79 Å². The van der Waals surface area contributed by atoms with Crippen molar-refractivity contribution in [2.24, 2.45) is 0 Å². The van der Waals surface area contributed by atoms with Gasteiger partial charge >= 0.3 is 5.97 Å². The second-order valence-corrected chi connectivity index (χ2v) is 9.42. The van der Waals surface area contributed by atoms with E-state index < -0.39 is 17.6 Å². The van der Waals surface area contributed by atoms with E-state index in [1.165, 1.54) is 0 Å². The Labute approximate surface area is 207 Å². The molecule has 3 aromatic rings. The number of aryl methyl sites for hydroxylation is 1. The van der Waals surface area contributed by atoms with Crippen LogP contribution in [0.4, 0.5) is 5.69 Å². The van der Waals surface area contributed by atoms with Gasteiger partial charge in [-0.05, 0) is 62.9 Å². The Hall–Kier alpha value is -3.80. The molecule has 0 unspecified atom stereocenters. The van der Waals surface area contributed by atoms with Gasteiger partial charge in [-0.2, -0.15) is 0 Å². The number of hydrogen-bond acceptors (Lipinski definition) is 5. The quantitative estimate of drug-likeness (QED) is 0.320. The molecule has 3 rings (SSSR count). The first-order valence-electron chi connectivity index (χ1n) is 11.9. The van der Waals surface area contributed by atoms with E-state index in [-0.39, 0.29) is 5.91 Å². The Morgan fingerprint density at radius 1 is 0.886 bits per heavy atom. The van der Waals surface area contributed by atoms with E-state index in [2.05, 4.69) is 5.32 Å². The van der Waals surface area contributed by atoms with Crippen LogP contribution < -0.4 is 15.8 Å². The number of esters is 1. The SMILES string of the molecule is CC(C)(C)OC(=O)[C@H](CCc1ccccc1)NC(=O)c1ccc(N)c(OCCc2ccccc2)c1. The first-order chi connectivity index (χ1) is 16.7. The van der Waals surface area contributed by atoms with Gasteiger partial charge in [0, 0.05) is 12.0 Å². The van der Waals surface area contributed by atoms with Crippen LogP contribution in [0.15, 0.2) is 78.9 Å². The number of hydrogen-bond donors (Lipinski definition) is 2. The van der Waals surface area contributed by atoms with Crippen LogP contribution in [0.3, 0.4) is 0 Å². The molecule has 0 saturated heterocycles. The fourth-order valence-corrected chi connectivity index (χ4v) is 3.54. The minimum Gasteiger partial charge on any atom is -0.491 e. The van der Waals surface area contributed by atoms with Crippen LogP contribution in [0, 0.1) is 0 Å². The molecule has 3 N–H and O–H groups in total. The van der Waals surface area contributed by atoms with E-state index >= 15 is 0 Å². The Morgan fingerprint density at radius 2 is 1.49 bits per heavy atom. The van der Waals surface area contributed by atoms with Crippen LogP contribution in [0.2, 0.25) is 0 Å². The van der Waals surface area contributed by atoms with Gasteiger partial charge in [0.2, 0.25) is 0 Å². The van der Waals surface area contributed by atoms with Gasteiger partial charge in [0.25, 0.3) is 5.91 Å². The van der Waals surface area contributed by atoms with Crippen LogP contribution in [0.5, 0.6) is 5.75 Å². The van der Waals surface area contributed by atoms with Gasteiger partial charge in [0.05, 0.1) is 12.3 Å². The predicted octanol–water partition coefficient (Wildman–Crippen LogP) is 4.96. The predicted molar refractivity (Wildman–Crippen MR) is 138 cm³/mol. The van der Waals surface area contributed by atoms with Crippen LogP contribution >= 0.6 is 0 Å². The summed E-state index contributed by atoms with van der Waals surface area (Å²) in [6.45, 7) is 5.84. The molecule has 0 aliphatic rings. The number of carbonyl (C=O) groups excluding carboxylic acids is 2. The summed E-state index contributed by atoms with van der Waals surface area (Å²) in [4.78, 5) is 25.9. The van der Waals surface area contributed by atoms with E-state index in [4.69, 9.17) is 15.2 Å². The lowest BCUT2D eigenvalue weighted by Gasteiger charge is -2.25. The Kier molecular flexibility index (Phi) is 8.90. The first-order valence-corrected chi connectivity index (χ1v) is 11.9. The lowest BCUT2D eigenvalue weighted by Crippen LogP contribution is -2.44. The van der Waals surface area contributed by atoms with Crippen molar-refractivity contribution in [3.05, 3.63) is 95.6 Å². The van der Waals surface area contributed by atoms with Crippen molar-refractivity contribution in [3.63, 3.8) is 0 Å².